The summed E-state index contributed by atoms with van der Waals surface area (Å²) in [4.78, 5) is 30.1. The Morgan fingerprint density at radius 3 is 2.08 bits per heavy atom. The van der Waals surface area contributed by atoms with Crippen molar-refractivity contribution in [1.29, 1.82) is 0 Å². The molecule has 0 radical (unpaired) electrons. The third-order valence-corrected chi connectivity index (χ3v) is 9.87. The van der Waals surface area contributed by atoms with E-state index >= 15 is 0 Å². The molecule has 1 atom stereocenters. The van der Waals surface area contributed by atoms with Gasteiger partial charge in [-0.15, -0.1) is 0 Å². The van der Waals surface area contributed by atoms with Crippen LogP contribution in [0.2, 0.25) is 0 Å². The van der Waals surface area contributed by atoms with Gasteiger partial charge in [0.15, 0.2) is 11.5 Å². The maximum atomic E-state index is 14.8. The molecular weight excluding hydrogens is 671 g/mol. The van der Waals surface area contributed by atoms with Crippen LogP contribution in [0.1, 0.15) is 31.9 Å². The topological polar surface area (TPSA) is 124 Å². The van der Waals surface area contributed by atoms with Crippen molar-refractivity contribution in [2.45, 2.75) is 44.7 Å². The summed E-state index contributed by atoms with van der Waals surface area (Å²) < 4.78 is 51.8. The van der Waals surface area contributed by atoms with Gasteiger partial charge in [-0.05, 0) is 72.5 Å². The molecule has 0 bridgehead atoms. The monoisotopic (exact) mass is 717 g/mol. The van der Waals surface area contributed by atoms with Gasteiger partial charge >= 0.3 is 0 Å². The fourth-order valence-electron chi connectivity index (χ4n) is 5.45. The molecule has 0 aromatic heterocycles. The number of sulfonamides is 1. The molecule has 0 unspecified atom stereocenters. The minimum absolute atomic E-state index is 0.0101. The van der Waals surface area contributed by atoms with Crippen molar-refractivity contribution < 1.29 is 37.0 Å². The second-order valence-corrected chi connectivity index (χ2v) is 14.0. The molecule has 1 N–H and O–H groups in total. The first-order valence-corrected chi connectivity index (χ1v) is 18.2. The van der Waals surface area contributed by atoms with Crippen LogP contribution in [0.15, 0.2) is 102 Å². The molecule has 4 aromatic rings. The smallest absolute Gasteiger partial charge is 0.264 e. The highest BCUT2D eigenvalue weighted by Gasteiger charge is 2.35. The fraction of sp³-hybridized carbons (Fsp3) is 0.333. The summed E-state index contributed by atoms with van der Waals surface area (Å²) in [7, 11) is 0.0303. The van der Waals surface area contributed by atoms with Gasteiger partial charge in [0.2, 0.25) is 11.8 Å². The molecule has 0 aliphatic carbocycles. The Hall–Kier alpha value is -5.23. The third-order valence-electron chi connectivity index (χ3n) is 8.10. The number of nitrogens with one attached hydrogen (secondary N) is 1. The Morgan fingerprint density at radius 1 is 0.765 bits per heavy atom. The lowest BCUT2D eigenvalue weighted by molar-refractivity contribution is -0.140. The van der Waals surface area contributed by atoms with Crippen LogP contribution in [0.5, 0.6) is 23.0 Å². The van der Waals surface area contributed by atoms with Gasteiger partial charge < -0.3 is 29.2 Å². The standard InChI is InChI=1S/C39H47N3O8S/c1-7-50-32-18-16-31(17-19-32)42(51(45,46)34-20-21-36(48-5)37(24-34)49-6)27-38(43)41(26-30-14-11-15-33(22-30)47-4)35(39(44)40-25-28(2)3)23-29-12-9-8-10-13-29/h8-22,24,28,35H,7,23,25-27H2,1-6H3,(H,40,44)/t35-/m1/s1. The first kappa shape index (κ1) is 38.6. The first-order chi connectivity index (χ1) is 24.5. The zero-order valence-corrected chi connectivity index (χ0v) is 30.8. The summed E-state index contributed by atoms with van der Waals surface area (Å²) in [5.41, 5.74) is 1.77. The third kappa shape index (κ3) is 10.2. The van der Waals surface area contributed by atoms with E-state index in [1.54, 1.807) is 49.6 Å². The van der Waals surface area contributed by atoms with Gasteiger partial charge in [0.1, 0.15) is 24.1 Å². The summed E-state index contributed by atoms with van der Waals surface area (Å²) >= 11 is 0. The molecule has 272 valence electrons. The Labute approximate surface area is 301 Å². The predicted molar refractivity (Wildman–Crippen MR) is 197 cm³/mol. The number of carbonyl (C=O) groups is 2. The maximum Gasteiger partial charge on any atom is 0.264 e. The lowest BCUT2D eigenvalue weighted by atomic mass is 10.0. The summed E-state index contributed by atoms with van der Waals surface area (Å²) in [5.74, 6) is 0.907. The number of rotatable bonds is 18. The number of hydrogen-bond acceptors (Lipinski definition) is 8. The van der Waals surface area contributed by atoms with Gasteiger partial charge in [-0.25, -0.2) is 8.42 Å². The van der Waals surface area contributed by atoms with E-state index < -0.39 is 28.5 Å². The van der Waals surface area contributed by atoms with Gasteiger partial charge in [-0.2, -0.15) is 0 Å². The largest absolute Gasteiger partial charge is 0.497 e. The van der Waals surface area contributed by atoms with E-state index in [0.717, 1.165) is 9.87 Å². The molecule has 0 saturated heterocycles. The quantitative estimate of drug-likeness (QED) is 0.139. The fourth-order valence-corrected chi connectivity index (χ4v) is 6.88. The van der Waals surface area contributed by atoms with E-state index in [1.807, 2.05) is 57.2 Å². The van der Waals surface area contributed by atoms with E-state index in [1.165, 1.54) is 37.3 Å². The number of methoxy groups -OCH3 is 3. The lowest BCUT2D eigenvalue weighted by Gasteiger charge is -2.34. The van der Waals surface area contributed by atoms with Crippen molar-refractivity contribution in [3.05, 3.63) is 108 Å². The van der Waals surface area contributed by atoms with Crippen molar-refractivity contribution in [3.8, 4) is 23.0 Å². The number of carbonyl (C=O) groups excluding carboxylic acids is 2. The molecule has 0 aliphatic heterocycles. The summed E-state index contributed by atoms with van der Waals surface area (Å²) in [6.07, 6.45) is 0.200. The maximum absolute atomic E-state index is 14.8. The van der Waals surface area contributed by atoms with Crippen LogP contribution < -0.4 is 28.6 Å². The molecular formula is C39H47N3O8S. The summed E-state index contributed by atoms with van der Waals surface area (Å²) in [5, 5.41) is 3.00. The average molecular weight is 718 g/mol. The van der Waals surface area contributed by atoms with E-state index in [0.29, 0.717) is 36.0 Å². The van der Waals surface area contributed by atoms with E-state index in [4.69, 9.17) is 18.9 Å². The Kier molecular flexibility index (Phi) is 13.7. The number of nitrogens with zero attached hydrogens (tertiary/aromatic N) is 2. The second-order valence-electron chi connectivity index (χ2n) is 12.2. The van der Waals surface area contributed by atoms with Gasteiger partial charge in [0.05, 0.1) is 38.5 Å². The normalized spacial score (nSPS) is 11.7. The Morgan fingerprint density at radius 2 is 1.45 bits per heavy atom. The zero-order valence-electron chi connectivity index (χ0n) is 30.0. The van der Waals surface area contributed by atoms with Gasteiger partial charge in [0, 0.05) is 25.6 Å². The van der Waals surface area contributed by atoms with Crippen molar-refractivity contribution >= 4 is 27.5 Å². The number of amides is 2. The minimum Gasteiger partial charge on any atom is -0.497 e. The molecule has 0 fully saturated rings. The predicted octanol–water partition coefficient (Wildman–Crippen LogP) is 5.72. The highest BCUT2D eigenvalue weighted by molar-refractivity contribution is 7.92. The average Bonchev–Trinajstić information content (AvgIpc) is 3.14. The van der Waals surface area contributed by atoms with Crippen LogP contribution in [-0.4, -0.2) is 72.2 Å². The molecule has 12 heteroatoms. The highest BCUT2D eigenvalue weighted by atomic mass is 32.2. The molecule has 4 aromatic carbocycles. The van der Waals surface area contributed by atoms with E-state index in [2.05, 4.69) is 5.32 Å². The number of hydrogen-bond donors (Lipinski definition) is 1. The van der Waals surface area contributed by atoms with Crippen LogP contribution in [0.3, 0.4) is 0 Å². The summed E-state index contributed by atoms with van der Waals surface area (Å²) in [6.45, 7) is 6.04. The van der Waals surface area contributed by atoms with Crippen molar-refractivity contribution in [1.82, 2.24) is 10.2 Å². The molecule has 0 saturated carbocycles. The molecule has 11 nitrogen and oxygen atoms in total. The summed E-state index contributed by atoms with van der Waals surface area (Å²) in [6, 6.07) is 26.3. The van der Waals surface area contributed by atoms with E-state index in [9.17, 15) is 18.0 Å². The second kappa shape index (κ2) is 18.1. The number of anilines is 1. The molecule has 0 aliphatic rings. The number of benzene rings is 4. The van der Waals surface area contributed by atoms with Crippen LogP contribution in [-0.2, 0) is 32.6 Å². The Balaban J connectivity index is 1.84. The van der Waals surface area contributed by atoms with Crippen molar-refractivity contribution in [2.75, 3.05) is 45.3 Å². The molecule has 51 heavy (non-hydrogen) atoms. The first-order valence-electron chi connectivity index (χ1n) is 16.7. The van der Waals surface area contributed by atoms with Crippen LogP contribution in [0, 0.1) is 5.92 Å². The van der Waals surface area contributed by atoms with E-state index in [-0.39, 0.29) is 41.1 Å². The lowest BCUT2D eigenvalue weighted by Crippen LogP contribution is -2.53. The van der Waals surface area contributed by atoms with Crippen LogP contribution >= 0.6 is 0 Å². The van der Waals surface area contributed by atoms with Gasteiger partial charge in [-0.3, -0.25) is 13.9 Å². The molecule has 2 amide bonds. The zero-order chi connectivity index (χ0) is 37.0. The molecule has 0 heterocycles. The van der Waals surface area contributed by atoms with Crippen molar-refractivity contribution in [2.24, 2.45) is 5.92 Å². The molecule has 4 rings (SSSR count). The van der Waals surface area contributed by atoms with Crippen molar-refractivity contribution in [3.63, 3.8) is 0 Å². The van der Waals surface area contributed by atoms with Gasteiger partial charge in [0.25, 0.3) is 10.0 Å². The SMILES string of the molecule is CCOc1ccc(N(CC(=O)N(Cc2cccc(OC)c2)[C@H](Cc2ccccc2)C(=O)NCC(C)C)S(=O)(=O)c2ccc(OC)c(OC)c2)cc1. The highest BCUT2D eigenvalue weighted by Crippen LogP contribution is 2.33. The molecule has 0 spiro atoms. The number of ether oxygens (including phenoxy) is 4. The minimum atomic E-state index is -4.39. The van der Waals surface area contributed by atoms with Crippen LogP contribution in [0.25, 0.3) is 0 Å². The van der Waals surface area contributed by atoms with Crippen LogP contribution in [0.4, 0.5) is 5.69 Å². The Bertz CT molecular complexity index is 1850. The van der Waals surface area contributed by atoms with Gasteiger partial charge in [-0.1, -0.05) is 56.3 Å².